The highest BCUT2D eigenvalue weighted by Crippen LogP contribution is 2.40. The lowest BCUT2D eigenvalue weighted by atomic mass is 9.90. The number of benzene rings is 8. The maximum atomic E-state index is 9.88. The Balaban J connectivity index is 1.14. The van der Waals surface area contributed by atoms with Gasteiger partial charge in [-0.25, -0.2) is 29.9 Å². The van der Waals surface area contributed by atoms with E-state index in [2.05, 4.69) is 48.5 Å². The van der Waals surface area contributed by atoms with Crippen LogP contribution in [0.5, 0.6) is 0 Å². The lowest BCUT2D eigenvalue weighted by molar-refractivity contribution is 1.07. The largest absolute Gasteiger partial charge is 0.208 e. The molecule has 2 aromatic heterocycles. The maximum Gasteiger partial charge on any atom is 0.164 e. The van der Waals surface area contributed by atoms with Crippen LogP contribution in [0.2, 0.25) is 0 Å². The van der Waals surface area contributed by atoms with Crippen molar-refractivity contribution < 1.29 is 0 Å². The van der Waals surface area contributed by atoms with Gasteiger partial charge in [0.25, 0.3) is 0 Å². The predicted molar refractivity (Wildman–Crippen MR) is 247 cm³/mol. The second kappa shape index (κ2) is 16.9. The molecule has 0 aliphatic carbocycles. The number of rotatable bonds is 9. The van der Waals surface area contributed by atoms with E-state index in [-0.39, 0.29) is 0 Å². The molecule has 0 amide bonds. The molecule has 2 heterocycles. The fourth-order valence-corrected chi connectivity index (χ4v) is 7.63. The number of nitriles is 1. The summed E-state index contributed by atoms with van der Waals surface area (Å²) in [5.41, 5.74) is 11.6. The fourth-order valence-electron chi connectivity index (χ4n) is 7.63. The van der Waals surface area contributed by atoms with E-state index in [1.165, 1.54) is 0 Å². The van der Waals surface area contributed by atoms with Gasteiger partial charge in [0.1, 0.15) is 0 Å². The van der Waals surface area contributed by atoms with Crippen molar-refractivity contribution in [3.63, 3.8) is 0 Å². The van der Waals surface area contributed by atoms with E-state index in [9.17, 15) is 5.26 Å². The van der Waals surface area contributed by atoms with Crippen molar-refractivity contribution in [2.75, 3.05) is 0 Å². The van der Waals surface area contributed by atoms with Gasteiger partial charge in [-0.2, -0.15) is 5.26 Å². The Bertz CT molecular complexity index is 3180. The van der Waals surface area contributed by atoms with Crippen molar-refractivity contribution >= 4 is 0 Å². The molecule has 290 valence electrons. The van der Waals surface area contributed by atoms with E-state index < -0.39 is 0 Å². The number of hydrogen-bond donors (Lipinski definition) is 0. The Morgan fingerprint density at radius 1 is 0.242 bits per heavy atom. The van der Waals surface area contributed by atoms with Crippen LogP contribution in [0, 0.1) is 11.3 Å². The summed E-state index contributed by atoms with van der Waals surface area (Å²) in [5, 5.41) is 9.88. The standard InChI is InChI=1S/C55H35N7/c56-36-44-26-13-14-29-45(44)41-27-17-28-42(34-41)53-58-50(38-20-7-2-8-21-38)59-54(60-53)43-32-33-47(49(35-43)37-18-5-1-6-19-37)46-30-15-16-31-48(46)55-61-51(39-22-9-3-10-23-39)57-52(62-55)40-24-11-4-12-25-40/h1-35H. The molecule has 0 aliphatic rings. The van der Waals surface area contributed by atoms with Crippen molar-refractivity contribution in [3.05, 3.63) is 218 Å². The van der Waals surface area contributed by atoms with Crippen LogP contribution in [0.15, 0.2) is 212 Å². The van der Waals surface area contributed by atoms with E-state index in [1.54, 1.807) is 0 Å². The number of nitrogens with zero attached hydrogens (tertiary/aromatic N) is 7. The van der Waals surface area contributed by atoms with E-state index >= 15 is 0 Å². The Kier molecular flexibility index (Phi) is 10.2. The molecule has 7 nitrogen and oxygen atoms in total. The summed E-state index contributed by atoms with van der Waals surface area (Å²) < 4.78 is 0. The van der Waals surface area contributed by atoms with Crippen LogP contribution in [0.3, 0.4) is 0 Å². The third-order valence-electron chi connectivity index (χ3n) is 10.7. The van der Waals surface area contributed by atoms with Crippen molar-refractivity contribution in [1.82, 2.24) is 29.9 Å². The van der Waals surface area contributed by atoms with Crippen LogP contribution in [0.4, 0.5) is 0 Å². The molecule has 8 aromatic carbocycles. The first-order valence-electron chi connectivity index (χ1n) is 20.3. The van der Waals surface area contributed by atoms with Gasteiger partial charge in [0, 0.05) is 33.4 Å². The molecule has 0 radical (unpaired) electrons. The van der Waals surface area contributed by atoms with Gasteiger partial charge in [-0.3, -0.25) is 0 Å². The minimum atomic E-state index is 0.527. The molecule has 62 heavy (non-hydrogen) atoms. The summed E-state index contributed by atoms with van der Waals surface area (Å²) in [7, 11) is 0. The molecular weight excluding hydrogens is 759 g/mol. The molecular formula is C55H35N7. The zero-order valence-corrected chi connectivity index (χ0v) is 33.3. The van der Waals surface area contributed by atoms with Gasteiger partial charge in [-0.05, 0) is 51.6 Å². The highest BCUT2D eigenvalue weighted by Gasteiger charge is 2.20. The van der Waals surface area contributed by atoms with Crippen LogP contribution in [-0.2, 0) is 0 Å². The van der Waals surface area contributed by atoms with Crippen LogP contribution in [0.1, 0.15) is 5.56 Å². The Hall–Kier alpha value is -8.73. The molecule has 7 heteroatoms. The first kappa shape index (κ1) is 37.5. The summed E-state index contributed by atoms with van der Waals surface area (Å²) in [6, 6.07) is 72.9. The maximum absolute atomic E-state index is 9.88. The Morgan fingerprint density at radius 3 is 1.15 bits per heavy atom. The van der Waals surface area contributed by atoms with Crippen LogP contribution >= 0.6 is 0 Å². The van der Waals surface area contributed by atoms with Crippen LogP contribution in [-0.4, -0.2) is 29.9 Å². The quantitative estimate of drug-likeness (QED) is 0.143. The topological polar surface area (TPSA) is 101 Å². The van der Waals surface area contributed by atoms with Gasteiger partial charge in [0.15, 0.2) is 34.9 Å². The first-order valence-corrected chi connectivity index (χ1v) is 20.3. The zero-order valence-electron chi connectivity index (χ0n) is 33.3. The third-order valence-corrected chi connectivity index (χ3v) is 10.7. The average molecular weight is 794 g/mol. The number of aromatic nitrogens is 6. The van der Waals surface area contributed by atoms with Crippen LogP contribution < -0.4 is 0 Å². The fraction of sp³-hybridized carbons (Fsp3) is 0. The number of hydrogen-bond acceptors (Lipinski definition) is 7. The molecule has 0 aliphatic heterocycles. The van der Waals surface area contributed by atoms with Crippen LogP contribution in [0.25, 0.3) is 102 Å². The molecule has 0 saturated heterocycles. The van der Waals surface area contributed by atoms with Gasteiger partial charge in [0.2, 0.25) is 0 Å². The van der Waals surface area contributed by atoms with Gasteiger partial charge >= 0.3 is 0 Å². The minimum Gasteiger partial charge on any atom is -0.208 e. The Labute approximate surface area is 359 Å². The van der Waals surface area contributed by atoms with E-state index in [0.717, 1.165) is 66.8 Å². The molecule has 0 spiro atoms. The van der Waals surface area contributed by atoms with Crippen molar-refractivity contribution in [2.24, 2.45) is 0 Å². The third kappa shape index (κ3) is 7.63. The van der Waals surface area contributed by atoms with E-state index in [1.807, 2.05) is 170 Å². The minimum absolute atomic E-state index is 0.527. The molecule has 0 bridgehead atoms. The molecule has 10 aromatic rings. The highest BCUT2D eigenvalue weighted by atomic mass is 15.0. The normalized spacial score (nSPS) is 10.9. The molecule has 10 rings (SSSR count). The summed E-state index contributed by atoms with van der Waals surface area (Å²) in [6.45, 7) is 0. The predicted octanol–water partition coefficient (Wildman–Crippen LogP) is 12.9. The van der Waals surface area contributed by atoms with E-state index in [0.29, 0.717) is 40.5 Å². The monoisotopic (exact) mass is 793 g/mol. The molecule has 0 saturated carbocycles. The van der Waals surface area contributed by atoms with Gasteiger partial charge < -0.3 is 0 Å². The molecule has 0 unspecified atom stereocenters. The average Bonchev–Trinajstić information content (AvgIpc) is 3.37. The first-order chi connectivity index (χ1) is 30.7. The molecule has 0 N–H and O–H groups in total. The van der Waals surface area contributed by atoms with E-state index in [4.69, 9.17) is 29.9 Å². The second-order valence-electron chi connectivity index (χ2n) is 14.6. The van der Waals surface area contributed by atoms with Gasteiger partial charge in [-0.1, -0.05) is 194 Å². The highest BCUT2D eigenvalue weighted by molar-refractivity contribution is 5.92. The lowest BCUT2D eigenvalue weighted by Crippen LogP contribution is -2.02. The molecule has 0 fully saturated rings. The summed E-state index contributed by atoms with van der Waals surface area (Å²) >= 11 is 0. The molecule has 0 atom stereocenters. The van der Waals surface area contributed by atoms with Crippen molar-refractivity contribution in [2.45, 2.75) is 0 Å². The van der Waals surface area contributed by atoms with Gasteiger partial charge in [0.05, 0.1) is 11.6 Å². The summed E-state index contributed by atoms with van der Waals surface area (Å²) in [6.07, 6.45) is 0. The van der Waals surface area contributed by atoms with Crippen molar-refractivity contribution in [1.29, 1.82) is 5.26 Å². The van der Waals surface area contributed by atoms with Crippen molar-refractivity contribution in [3.8, 4) is 108 Å². The lowest BCUT2D eigenvalue weighted by Gasteiger charge is -2.16. The summed E-state index contributed by atoms with van der Waals surface area (Å²) in [5.74, 6) is 3.39. The smallest absolute Gasteiger partial charge is 0.164 e. The zero-order chi connectivity index (χ0) is 41.7. The van der Waals surface area contributed by atoms with Gasteiger partial charge in [-0.15, -0.1) is 0 Å². The summed E-state index contributed by atoms with van der Waals surface area (Å²) in [4.78, 5) is 30.4. The Morgan fingerprint density at radius 2 is 0.613 bits per heavy atom. The second-order valence-corrected chi connectivity index (χ2v) is 14.6. The SMILES string of the molecule is N#Cc1ccccc1-c1cccc(-c2nc(-c3ccccc3)nc(-c3ccc(-c4ccccc4-c4nc(-c5ccccc5)nc(-c5ccccc5)n4)c(-c4ccccc4)c3)n2)c1.